The molecule has 0 unspecified atom stereocenters. The van der Waals surface area contributed by atoms with Crippen molar-refractivity contribution in [2.45, 2.75) is 12.8 Å². The monoisotopic (exact) mass is 358 g/mol. The molecule has 5 nitrogen and oxygen atoms in total. The Morgan fingerprint density at radius 1 is 1.17 bits per heavy atom. The van der Waals surface area contributed by atoms with Crippen LogP contribution in [0.5, 0.6) is 0 Å². The number of anilines is 1. The van der Waals surface area contributed by atoms with Crippen LogP contribution in [-0.4, -0.2) is 29.2 Å². The number of hydrogen-bond donors (Lipinski definition) is 1. The van der Waals surface area contributed by atoms with Gasteiger partial charge in [0.2, 0.25) is 17.7 Å². The van der Waals surface area contributed by atoms with E-state index in [1.807, 2.05) is 12.1 Å². The molecule has 0 atom stereocenters. The molecular weight excluding hydrogens is 347 g/mol. The summed E-state index contributed by atoms with van der Waals surface area (Å²) in [4.78, 5) is 35.4. The maximum Gasteiger partial charge on any atom is 0.244 e. The zero-order chi connectivity index (χ0) is 13.1. The lowest BCUT2D eigenvalue weighted by Crippen LogP contribution is -2.36. The SMILES string of the molecule is O=C(CN1C(=O)CCC1=O)Nc1ccc(I)cc1. The molecule has 0 radical (unpaired) electrons. The number of likely N-dealkylation sites (tertiary alicyclic amines) is 1. The van der Waals surface area contributed by atoms with Crippen LogP contribution in [0.25, 0.3) is 0 Å². The van der Waals surface area contributed by atoms with Crippen molar-refractivity contribution in [1.82, 2.24) is 4.90 Å². The molecule has 0 bridgehead atoms. The molecule has 1 fully saturated rings. The van der Waals surface area contributed by atoms with Gasteiger partial charge in [-0.3, -0.25) is 19.3 Å². The van der Waals surface area contributed by atoms with Crippen molar-refractivity contribution < 1.29 is 14.4 Å². The molecule has 3 amide bonds. The number of halogens is 1. The molecule has 0 saturated carbocycles. The van der Waals surface area contributed by atoms with Crippen LogP contribution in [0.3, 0.4) is 0 Å². The molecule has 1 aliphatic rings. The van der Waals surface area contributed by atoms with E-state index in [0.717, 1.165) is 8.47 Å². The van der Waals surface area contributed by atoms with Crippen molar-refractivity contribution in [3.8, 4) is 0 Å². The van der Waals surface area contributed by atoms with Crippen molar-refractivity contribution in [1.29, 1.82) is 0 Å². The molecule has 1 aromatic carbocycles. The molecule has 1 saturated heterocycles. The average Bonchev–Trinajstić information content (AvgIpc) is 2.64. The Bertz CT molecular complexity index is 483. The standard InChI is InChI=1S/C12H11IN2O3/c13-8-1-3-9(4-2-8)14-10(16)7-15-11(17)5-6-12(15)18/h1-4H,5-7H2,(H,14,16). The smallest absolute Gasteiger partial charge is 0.244 e. The quantitative estimate of drug-likeness (QED) is 0.656. The van der Waals surface area contributed by atoms with Gasteiger partial charge in [-0.2, -0.15) is 0 Å². The number of nitrogens with zero attached hydrogens (tertiary/aromatic N) is 1. The number of amides is 3. The summed E-state index contributed by atoms with van der Waals surface area (Å²) in [5, 5.41) is 2.65. The number of nitrogens with one attached hydrogen (secondary N) is 1. The minimum Gasteiger partial charge on any atom is -0.325 e. The third kappa shape index (κ3) is 3.06. The predicted molar refractivity (Wildman–Crippen MR) is 73.7 cm³/mol. The third-order valence-corrected chi connectivity index (χ3v) is 3.30. The van der Waals surface area contributed by atoms with Gasteiger partial charge in [-0.15, -0.1) is 0 Å². The largest absolute Gasteiger partial charge is 0.325 e. The van der Waals surface area contributed by atoms with Crippen LogP contribution in [0, 0.1) is 3.57 Å². The fraction of sp³-hybridized carbons (Fsp3) is 0.250. The van der Waals surface area contributed by atoms with Crippen LogP contribution in [-0.2, 0) is 14.4 Å². The summed E-state index contributed by atoms with van der Waals surface area (Å²) in [6.45, 7) is -0.205. The second-order valence-corrected chi connectivity index (χ2v) is 5.17. The average molecular weight is 358 g/mol. The lowest BCUT2D eigenvalue weighted by Gasteiger charge is -2.13. The van der Waals surface area contributed by atoms with E-state index in [9.17, 15) is 14.4 Å². The topological polar surface area (TPSA) is 66.5 Å². The Balaban J connectivity index is 1.94. The first-order valence-electron chi connectivity index (χ1n) is 5.45. The van der Waals surface area contributed by atoms with Crippen molar-refractivity contribution in [3.63, 3.8) is 0 Å². The normalized spacial score (nSPS) is 15.1. The summed E-state index contributed by atoms with van der Waals surface area (Å²) in [7, 11) is 0. The molecule has 0 spiro atoms. The van der Waals surface area contributed by atoms with E-state index < -0.39 is 0 Å². The van der Waals surface area contributed by atoms with Crippen LogP contribution < -0.4 is 5.32 Å². The Labute approximate surface area is 118 Å². The molecule has 1 heterocycles. The first-order valence-corrected chi connectivity index (χ1v) is 6.53. The Morgan fingerprint density at radius 3 is 2.28 bits per heavy atom. The van der Waals surface area contributed by atoms with E-state index >= 15 is 0 Å². The number of carbonyl (C=O) groups is 3. The lowest BCUT2D eigenvalue weighted by molar-refractivity contribution is -0.141. The number of rotatable bonds is 3. The van der Waals surface area contributed by atoms with Gasteiger partial charge in [-0.05, 0) is 46.9 Å². The minimum absolute atomic E-state index is 0.204. The number of hydrogen-bond acceptors (Lipinski definition) is 3. The number of carbonyl (C=O) groups excluding carboxylic acids is 3. The van der Waals surface area contributed by atoms with Crippen LogP contribution in [0.1, 0.15) is 12.8 Å². The molecule has 94 valence electrons. The summed E-state index contributed by atoms with van der Waals surface area (Å²) in [5.74, 6) is -0.921. The molecule has 1 aliphatic heterocycles. The fourth-order valence-corrected chi connectivity index (χ4v) is 2.04. The van der Waals surface area contributed by atoms with Crippen molar-refractivity contribution >= 4 is 46.0 Å². The summed E-state index contributed by atoms with van der Waals surface area (Å²) in [6.07, 6.45) is 0.408. The number of imide groups is 1. The highest BCUT2D eigenvalue weighted by Crippen LogP contribution is 2.13. The molecular formula is C12H11IN2O3. The van der Waals surface area contributed by atoms with Gasteiger partial charge in [0.15, 0.2) is 0 Å². The van der Waals surface area contributed by atoms with Gasteiger partial charge in [-0.1, -0.05) is 0 Å². The van der Waals surface area contributed by atoms with Crippen molar-refractivity contribution in [3.05, 3.63) is 27.8 Å². The first-order chi connectivity index (χ1) is 8.56. The van der Waals surface area contributed by atoms with Crippen LogP contribution in [0.4, 0.5) is 5.69 Å². The fourth-order valence-electron chi connectivity index (χ4n) is 1.68. The van der Waals surface area contributed by atoms with Gasteiger partial charge < -0.3 is 5.32 Å². The summed E-state index contributed by atoms with van der Waals surface area (Å²) >= 11 is 2.17. The maximum atomic E-state index is 11.7. The lowest BCUT2D eigenvalue weighted by atomic mass is 10.3. The van der Waals surface area contributed by atoms with Gasteiger partial charge in [-0.25, -0.2) is 0 Å². The van der Waals surface area contributed by atoms with Gasteiger partial charge in [0.05, 0.1) is 0 Å². The van der Waals surface area contributed by atoms with E-state index in [1.54, 1.807) is 12.1 Å². The summed E-state index contributed by atoms with van der Waals surface area (Å²) < 4.78 is 1.07. The van der Waals surface area contributed by atoms with Crippen molar-refractivity contribution in [2.75, 3.05) is 11.9 Å². The van der Waals surface area contributed by atoms with Crippen LogP contribution in [0.15, 0.2) is 24.3 Å². The van der Waals surface area contributed by atoms with E-state index in [1.165, 1.54) is 0 Å². The molecule has 0 aliphatic carbocycles. The van der Waals surface area contributed by atoms with Crippen molar-refractivity contribution in [2.24, 2.45) is 0 Å². The highest BCUT2D eigenvalue weighted by atomic mass is 127. The Morgan fingerprint density at radius 2 is 1.72 bits per heavy atom. The van der Waals surface area contributed by atoms with E-state index in [0.29, 0.717) is 5.69 Å². The summed E-state index contributed by atoms with van der Waals surface area (Å²) in [6, 6.07) is 7.27. The highest BCUT2D eigenvalue weighted by Gasteiger charge is 2.30. The van der Waals surface area contributed by atoms with Gasteiger partial charge in [0, 0.05) is 22.1 Å². The highest BCUT2D eigenvalue weighted by molar-refractivity contribution is 14.1. The minimum atomic E-state index is -0.361. The van der Waals surface area contributed by atoms with Crippen LogP contribution >= 0.6 is 22.6 Å². The Hall–Kier alpha value is -1.44. The van der Waals surface area contributed by atoms with Gasteiger partial charge in [0.1, 0.15) is 6.54 Å². The van der Waals surface area contributed by atoms with E-state index in [2.05, 4.69) is 27.9 Å². The Kier molecular flexibility index (Phi) is 3.95. The molecule has 0 aromatic heterocycles. The first kappa shape index (κ1) is 13.0. The number of benzene rings is 1. The third-order valence-electron chi connectivity index (χ3n) is 2.58. The van der Waals surface area contributed by atoms with Gasteiger partial charge >= 0.3 is 0 Å². The molecule has 6 heteroatoms. The van der Waals surface area contributed by atoms with E-state index in [4.69, 9.17) is 0 Å². The van der Waals surface area contributed by atoms with E-state index in [-0.39, 0.29) is 37.1 Å². The molecule has 1 aromatic rings. The maximum absolute atomic E-state index is 11.7. The second-order valence-electron chi connectivity index (χ2n) is 3.93. The molecule has 1 N–H and O–H groups in total. The predicted octanol–water partition coefficient (Wildman–Crippen LogP) is 1.38. The van der Waals surface area contributed by atoms with Gasteiger partial charge in [0.25, 0.3) is 0 Å². The summed E-state index contributed by atoms with van der Waals surface area (Å²) in [5.41, 5.74) is 0.652. The zero-order valence-electron chi connectivity index (χ0n) is 9.48. The zero-order valence-corrected chi connectivity index (χ0v) is 11.6. The van der Waals surface area contributed by atoms with Crippen LogP contribution in [0.2, 0.25) is 0 Å². The molecule has 18 heavy (non-hydrogen) atoms. The second kappa shape index (κ2) is 5.47. The molecule has 2 rings (SSSR count).